The molecule has 1 aromatic rings. The van der Waals surface area contributed by atoms with Gasteiger partial charge in [0.1, 0.15) is 0 Å². The van der Waals surface area contributed by atoms with E-state index in [1.807, 2.05) is 38.4 Å². The molecule has 2 nitrogen and oxygen atoms in total. The van der Waals surface area contributed by atoms with E-state index in [0.29, 0.717) is 12.2 Å². The predicted molar refractivity (Wildman–Crippen MR) is 77.7 cm³/mol. The second-order valence-corrected chi connectivity index (χ2v) is 6.28. The Labute approximate surface area is 117 Å². The third-order valence-corrected chi connectivity index (χ3v) is 4.55. The van der Waals surface area contributed by atoms with E-state index in [2.05, 4.69) is 20.8 Å². The number of Topliss-reactive ketones (excluding diaryl/α,β-unsaturated/α-hetero) is 1. The zero-order valence-electron chi connectivity index (χ0n) is 11.1. The molecule has 1 aliphatic rings. The highest BCUT2D eigenvalue weighted by Gasteiger charge is 2.42. The zero-order chi connectivity index (χ0) is 13.2. The van der Waals surface area contributed by atoms with E-state index in [-0.39, 0.29) is 5.54 Å². The predicted octanol–water partition coefficient (Wildman–Crippen LogP) is 3.44. The van der Waals surface area contributed by atoms with Crippen LogP contribution in [-0.4, -0.2) is 30.3 Å². The van der Waals surface area contributed by atoms with Gasteiger partial charge in [-0.15, -0.1) is 0 Å². The standard InChI is InChI=1S/C15H20BrNO/c1-17(2)15(8-3-4-9-15)14(18)11-12-6-5-7-13(16)10-12/h5-7,10H,3-4,8-9,11H2,1-2H3. The number of hydrogen-bond donors (Lipinski definition) is 0. The minimum atomic E-state index is -0.220. The van der Waals surface area contributed by atoms with Crippen LogP contribution < -0.4 is 0 Å². The maximum atomic E-state index is 12.6. The molecule has 2 rings (SSSR count). The van der Waals surface area contributed by atoms with Crippen molar-refractivity contribution in [3.8, 4) is 0 Å². The number of hydrogen-bond acceptors (Lipinski definition) is 2. The van der Waals surface area contributed by atoms with Crippen molar-refractivity contribution < 1.29 is 4.79 Å². The summed E-state index contributed by atoms with van der Waals surface area (Å²) in [5.74, 6) is 0.364. The minimum absolute atomic E-state index is 0.220. The van der Waals surface area contributed by atoms with E-state index in [4.69, 9.17) is 0 Å². The Morgan fingerprint density at radius 3 is 2.56 bits per heavy atom. The van der Waals surface area contributed by atoms with Gasteiger partial charge in [-0.25, -0.2) is 0 Å². The van der Waals surface area contributed by atoms with Crippen LogP contribution in [0.15, 0.2) is 28.7 Å². The summed E-state index contributed by atoms with van der Waals surface area (Å²) < 4.78 is 1.04. The van der Waals surface area contributed by atoms with Gasteiger partial charge in [-0.05, 0) is 44.6 Å². The van der Waals surface area contributed by atoms with Crippen molar-refractivity contribution in [3.05, 3.63) is 34.3 Å². The maximum absolute atomic E-state index is 12.6. The third kappa shape index (κ3) is 2.67. The second kappa shape index (κ2) is 5.54. The van der Waals surface area contributed by atoms with Gasteiger partial charge in [-0.1, -0.05) is 40.9 Å². The number of ketones is 1. The highest BCUT2D eigenvalue weighted by atomic mass is 79.9. The third-order valence-electron chi connectivity index (χ3n) is 4.06. The average Bonchev–Trinajstić information content (AvgIpc) is 2.79. The van der Waals surface area contributed by atoms with Crippen LogP contribution in [0.2, 0.25) is 0 Å². The monoisotopic (exact) mass is 309 g/mol. The summed E-state index contributed by atoms with van der Waals surface area (Å²) in [5, 5.41) is 0. The van der Waals surface area contributed by atoms with Crippen LogP contribution in [0.3, 0.4) is 0 Å². The van der Waals surface area contributed by atoms with Crippen LogP contribution >= 0.6 is 15.9 Å². The first-order valence-corrected chi connectivity index (χ1v) is 7.29. The first-order chi connectivity index (χ1) is 8.54. The van der Waals surface area contributed by atoms with Crippen LogP contribution in [0.4, 0.5) is 0 Å². The minimum Gasteiger partial charge on any atom is -0.297 e. The Bertz CT molecular complexity index is 436. The number of rotatable bonds is 4. The fraction of sp³-hybridized carbons (Fsp3) is 0.533. The van der Waals surface area contributed by atoms with Gasteiger partial charge < -0.3 is 0 Å². The number of nitrogens with zero attached hydrogens (tertiary/aromatic N) is 1. The van der Waals surface area contributed by atoms with E-state index in [1.165, 1.54) is 12.8 Å². The SMILES string of the molecule is CN(C)C1(C(=O)Cc2cccc(Br)c2)CCCC1. The van der Waals surface area contributed by atoms with Gasteiger partial charge in [0, 0.05) is 10.9 Å². The Morgan fingerprint density at radius 2 is 2.00 bits per heavy atom. The van der Waals surface area contributed by atoms with Crippen molar-refractivity contribution in [2.75, 3.05) is 14.1 Å². The molecule has 1 aromatic carbocycles. The molecule has 0 atom stereocenters. The molecule has 3 heteroatoms. The van der Waals surface area contributed by atoms with E-state index in [9.17, 15) is 4.79 Å². The fourth-order valence-electron chi connectivity index (χ4n) is 2.93. The normalized spacial score (nSPS) is 18.2. The van der Waals surface area contributed by atoms with Gasteiger partial charge in [-0.3, -0.25) is 9.69 Å². The molecule has 1 saturated carbocycles. The lowest BCUT2D eigenvalue weighted by atomic mass is 9.87. The van der Waals surface area contributed by atoms with Crippen LogP contribution in [0.1, 0.15) is 31.2 Å². The van der Waals surface area contributed by atoms with Crippen molar-refractivity contribution in [1.29, 1.82) is 0 Å². The Morgan fingerprint density at radius 1 is 1.33 bits per heavy atom. The van der Waals surface area contributed by atoms with Gasteiger partial charge in [0.2, 0.25) is 0 Å². The topological polar surface area (TPSA) is 20.3 Å². The molecule has 0 amide bonds. The van der Waals surface area contributed by atoms with Gasteiger partial charge in [0.25, 0.3) is 0 Å². The number of halogens is 1. The molecule has 0 N–H and O–H groups in total. The molecule has 0 heterocycles. The Hall–Kier alpha value is -0.670. The smallest absolute Gasteiger partial charge is 0.157 e. The van der Waals surface area contributed by atoms with Crippen molar-refractivity contribution in [2.45, 2.75) is 37.6 Å². The molecule has 1 fully saturated rings. The maximum Gasteiger partial charge on any atom is 0.157 e. The summed E-state index contributed by atoms with van der Waals surface area (Å²) in [7, 11) is 4.06. The van der Waals surface area contributed by atoms with Crippen molar-refractivity contribution in [3.63, 3.8) is 0 Å². The molecular formula is C15H20BrNO. The molecule has 18 heavy (non-hydrogen) atoms. The molecule has 0 saturated heterocycles. The van der Waals surface area contributed by atoms with Crippen molar-refractivity contribution in [1.82, 2.24) is 4.90 Å². The molecule has 0 aliphatic heterocycles. The second-order valence-electron chi connectivity index (χ2n) is 5.36. The quantitative estimate of drug-likeness (QED) is 0.849. The van der Waals surface area contributed by atoms with Crippen molar-refractivity contribution in [2.24, 2.45) is 0 Å². The van der Waals surface area contributed by atoms with E-state index in [1.54, 1.807) is 0 Å². The summed E-state index contributed by atoms with van der Waals surface area (Å²) in [6.45, 7) is 0. The lowest BCUT2D eigenvalue weighted by molar-refractivity contribution is -0.128. The van der Waals surface area contributed by atoms with Crippen LogP contribution in [0.5, 0.6) is 0 Å². The number of carbonyl (C=O) groups excluding carboxylic acids is 1. The largest absolute Gasteiger partial charge is 0.297 e. The molecule has 0 spiro atoms. The zero-order valence-corrected chi connectivity index (χ0v) is 12.7. The summed E-state index contributed by atoms with van der Waals surface area (Å²) in [6, 6.07) is 8.05. The van der Waals surface area contributed by atoms with Crippen LogP contribution in [0.25, 0.3) is 0 Å². The fourth-order valence-corrected chi connectivity index (χ4v) is 3.38. The first kappa shape index (κ1) is 13.8. The first-order valence-electron chi connectivity index (χ1n) is 6.50. The molecular weight excluding hydrogens is 290 g/mol. The summed E-state index contributed by atoms with van der Waals surface area (Å²) in [6.07, 6.45) is 4.89. The number of benzene rings is 1. The van der Waals surface area contributed by atoms with Gasteiger partial charge in [0.15, 0.2) is 5.78 Å². The van der Waals surface area contributed by atoms with E-state index < -0.39 is 0 Å². The molecule has 0 aromatic heterocycles. The van der Waals surface area contributed by atoms with Gasteiger partial charge >= 0.3 is 0 Å². The molecule has 0 radical (unpaired) electrons. The summed E-state index contributed by atoms with van der Waals surface area (Å²) in [4.78, 5) is 14.8. The van der Waals surface area contributed by atoms with Crippen LogP contribution in [0, 0.1) is 0 Å². The molecule has 98 valence electrons. The number of carbonyl (C=O) groups is 1. The van der Waals surface area contributed by atoms with Gasteiger partial charge in [0.05, 0.1) is 5.54 Å². The van der Waals surface area contributed by atoms with Crippen molar-refractivity contribution >= 4 is 21.7 Å². The molecule has 0 bridgehead atoms. The summed E-state index contributed by atoms with van der Waals surface area (Å²) >= 11 is 3.46. The molecule has 1 aliphatic carbocycles. The van der Waals surface area contributed by atoms with E-state index >= 15 is 0 Å². The molecule has 0 unspecified atom stereocenters. The lowest BCUT2D eigenvalue weighted by Gasteiger charge is -2.34. The summed E-state index contributed by atoms with van der Waals surface area (Å²) in [5.41, 5.74) is 0.880. The Kier molecular flexibility index (Phi) is 4.23. The Balaban J connectivity index is 2.16. The highest BCUT2D eigenvalue weighted by Crippen LogP contribution is 2.35. The van der Waals surface area contributed by atoms with E-state index in [0.717, 1.165) is 22.9 Å². The average molecular weight is 310 g/mol. The van der Waals surface area contributed by atoms with Gasteiger partial charge in [-0.2, -0.15) is 0 Å². The highest BCUT2D eigenvalue weighted by molar-refractivity contribution is 9.10. The number of likely N-dealkylation sites (N-methyl/N-ethyl adjacent to an activating group) is 1. The van der Waals surface area contributed by atoms with Crippen LogP contribution in [-0.2, 0) is 11.2 Å². The lowest BCUT2D eigenvalue weighted by Crippen LogP contribution is -2.49.